The number of pyridine rings is 1. The van der Waals surface area contributed by atoms with Crippen LogP contribution in [-0.2, 0) is 16.6 Å². The number of ether oxygens (including phenoxy) is 1. The van der Waals surface area contributed by atoms with E-state index in [1.165, 1.54) is 10.6 Å². The molecule has 26 heavy (non-hydrogen) atoms. The Kier molecular flexibility index (Phi) is 5.46. The van der Waals surface area contributed by atoms with Crippen LogP contribution in [0.15, 0.2) is 23.0 Å². The number of amides is 2. The topological polar surface area (TPSA) is 71.8 Å². The van der Waals surface area contributed by atoms with Gasteiger partial charge in [-0.1, -0.05) is 6.07 Å². The molecule has 2 saturated heterocycles. The summed E-state index contributed by atoms with van der Waals surface area (Å²) in [5.74, 6) is 0.0690. The van der Waals surface area contributed by atoms with Crippen LogP contribution in [0.3, 0.4) is 0 Å². The minimum atomic E-state index is -0.342. The molecule has 0 bridgehead atoms. The van der Waals surface area contributed by atoms with E-state index in [4.69, 9.17) is 4.74 Å². The van der Waals surface area contributed by atoms with Crippen molar-refractivity contribution >= 4 is 11.8 Å². The Morgan fingerprint density at radius 1 is 1.15 bits per heavy atom. The number of methoxy groups -OCH3 is 1. The van der Waals surface area contributed by atoms with E-state index in [1.54, 1.807) is 31.2 Å². The minimum Gasteiger partial charge on any atom is -0.383 e. The molecule has 1 aromatic rings. The number of hydrogen-bond acceptors (Lipinski definition) is 4. The molecule has 0 saturated carbocycles. The monoisotopic (exact) mass is 361 g/mol. The number of aromatic nitrogens is 1. The highest BCUT2D eigenvalue weighted by molar-refractivity contribution is 5.93. The third kappa shape index (κ3) is 3.40. The molecule has 2 fully saturated rings. The van der Waals surface area contributed by atoms with E-state index in [2.05, 4.69) is 0 Å². The number of rotatable bonds is 4. The molecular weight excluding hydrogens is 334 g/mol. The van der Waals surface area contributed by atoms with Crippen molar-refractivity contribution in [1.82, 2.24) is 14.4 Å². The van der Waals surface area contributed by atoms with E-state index in [0.29, 0.717) is 44.8 Å². The molecule has 2 aliphatic rings. The molecule has 0 N–H and O–H groups in total. The maximum absolute atomic E-state index is 13.0. The second-order valence-corrected chi connectivity index (χ2v) is 7.27. The number of carbonyl (C=O) groups is 2. The van der Waals surface area contributed by atoms with Gasteiger partial charge in [0.2, 0.25) is 5.91 Å². The van der Waals surface area contributed by atoms with Crippen LogP contribution in [0, 0.1) is 5.41 Å². The van der Waals surface area contributed by atoms with Crippen LogP contribution in [0.4, 0.5) is 0 Å². The molecule has 1 spiro atoms. The first kappa shape index (κ1) is 18.6. The first-order valence-corrected chi connectivity index (χ1v) is 9.22. The summed E-state index contributed by atoms with van der Waals surface area (Å²) in [7, 11) is 3.25. The molecule has 7 nitrogen and oxygen atoms in total. The molecule has 0 aliphatic carbocycles. The van der Waals surface area contributed by atoms with Gasteiger partial charge in [-0.15, -0.1) is 0 Å². The van der Waals surface area contributed by atoms with Crippen LogP contribution in [0.2, 0.25) is 0 Å². The lowest BCUT2D eigenvalue weighted by molar-refractivity contribution is -0.150. The molecule has 142 valence electrons. The van der Waals surface area contributed by atoms with Crippen molar-refractivity contribution in [1.29, 1.82) is 0 Å². The van der Waals surface area contributed by atoms with E-state index in [0.717, 1.165) is 19.4 Å². The highest BCUT2D eigenvalue weighted by Gasteiger charge is 2.46. The Bertz CT molecular complexity index is 735. The summed E-state index contributed by atoms with van der Waals surface area (Å²) < 4.78 is 6.49. The van der Waals surface area contributed by atoms with Gasteiger partial charge in [0, 0.05) is 46.4 Å². The first-order chi connectivity index (χ1) is 12.5. The Hall–Kier alpha value is -2.15. The van der Waals surface area contributed by atoms with E-state index in [-0.39, 0.29) is 22.8 Å². The van der Waals surface area contributed by atoms with Gasteiger partial charge in [0.15, 0.2) is 0 Å². The number of carbonyl (C=O) groups excluding carboxylic acids is 2. The highest BCUT2D eigenvalue weighted by Crippen LogP contribution is 2.41. The van der Waals surface area contributed by atoms with Crippen LogP contribution in [0.1, 0.15) is 36.2 Å². The Balaban J connectivity index is 1.68. The van der Waals surface area contributed by atoms with Gasteiger partial charge in [0.25, 0.3) is 11.5 Å². The van der Waals surface area contributed by atoms with Crippen LogP contribution in [-0.4, -0.2) is 66.1 Å². The Morgan fingerprint density at radius 3 is 2.58 bits per heavy atom. The molecule has 1 aromatic heterocycles. The predicted molar refractivity (Wildman–Crippen MR) is 96.9 cm³/mol. The molecule has 2 aliphatic heterocycles. The molecule has 7 heteroatoms. The van der Waals surface area contributed by atoms with E-state index >= 15 is 0 Å². The van der Waals surface area contributed by atoms with Gasteiger partial charge >= 0.3 is 0 Å². The standard InChI is InChI=1S/C19H27N3O4/c1-20-15(5-3-6-16(20)23)17(24)21-11-8-19(9-12-21)7-4-10-22(18(19)25)13-14-26-2/h3,5-6H,4,7-14H2,1-2H3. The lowest BCUT2D eigenvalue weighted by atomic mass is 9.71. The molecule has 0 radical (unpaired) electrons. The number of hydrogen-bond donors (Lipinski definition) is 0. The SMILES string of the molecule is COCCN1CCCC2(CCN(C(=O)c3cccc(=O)n3C)CC2)C1=O. The van der Waals surface area contributed by atoms with Gasteiger partial charge in [0.1, 0.15) is 5.69 Å². The van der Waals surface area contributed by atoms with Gasteiger partial charge in [-0.2, -0.15) is 0 Å². The van der Waals surface area contributed by atoms with E-state index in [9.17, 15) is 14.4 Å². The molecule has 0 unspecified atom stereocenters. The average Bonchev–Trinajstić information content (AvgIpc) is 2.65. The Morgan fingerprint density at radius 2 is 1.88 bits per heavy atom. The average molecular weight is 361 g/mol. The number of likely N-dealkylation sites (tertiary alicyclic amines) is 2. The van der Waals surface area contributed by atoms with Gasteiger partial charge < -0.3 is 19.1 Å². The number of piperidine rings is 2. The lowest BCUT2D eigenvalue weighted by Crippen LogP contribution is -2.55. The fourth-order valence-corrected chi connectivity index (χ4v) is 4.11. The lowest BCUT2D eigenvalue weighted by Gasteiger charge is -2.46. The normalized spacial score (nSPS) is 19.8. The van der Waals surface area contributed by atoms with Crippen LogP contribution >= 0.6 is 0 Å². The minimum absolute atomic E-state index is 0.139. The van der Waals surface area contributed by atoms with E-state index < -0.39 is 0 Å². The van der Waals surface area contributed by atoms with Crippen molar-refractivity contribution < 1.29 is 14.3 Å². The van der Waals surface area contributed by atoms with E-state index in [1.807, 2.05) is 4.90 Å². The van der Waals surface area contributed by atoms with Crippen LogP contribution < -0.4 is 5.56 Å². The fourth-order valence-electron chi connectivity index (χ4n) is 4.11. The van der Waals surface area contributed by atoms with Crippen molar-refractivity contribution in [3.8, 4) is 0 Å². The maximum Gasteiger partial charge on any atom is 0.270 e. The second kappa shape index (κ2) is 7.61. The van der Waals surface area contributed by atoms with Crippen molar-refractivity contribution in [2.75, 3.05) is 39.9 Å². The Labute approximate surface area is 153 Å². The molecule has 0 aromatic carbocycles. The third-order valence-corrected chi connectivity index (χ3v) is 5.80. The summed E-state index contributed by atoms with van der Waals surface area (Å²) in [6.07, 6.45) is 3.25. The fraction of sp³-hybridized carbons (Fsp3) is 0.632. The molecule has 3 rings (SSSR count). The van der Waals surface area contributed by atoms with Crippen molar-refractivity contribution in [2.24, 2.45) is 12.5 Å². The van der Waals surface area contributed by atoms with Gasteiger partial charge in [-0.3, -0.25) is 14.4 Å². The third-order valence-electron chi connectivity index (χ3n) is 5.80. The summed E-state index contributed by atoms with van der Waals surface area (Å²) >= 11 is 0. The van der Waals surface area contributed by atoms with Crippen LogP contribution in [0.25, 0.3) is 0 Å². The van der Waals surface area contributed by atoms with Crippen molar-refractivity contribution in [3.63, 3.8) is 0 Å². The maximum atomic E-state index is 13.0. The summed E-state index contributed by atoms with van der Waals surface area (Å²) in [6, 6.07) is 4.73. The zero-order valence-electron chi connectivity index (χ0n) is 15.6. The van der Waals surface area contributed by atoms with Gasteiger partial charge in [-0.25, -0.2) is 0 Å². The summed E-state index contributed by atoms with van der Waals surface area (Å²) in [5, 5.41) is 0. The zero-order valence-corrected chi connectivity index (χ0v) is 15.6. The zero-order chi connectivity index (χ0) is 18.7. The van der Waals surface area contributed by atoms with Gasteiger partial charge in [-0.05, 0) is 31.7 Å². The smallest absolute Gasteiger partial charge is 0.270 e. The van der Waals surface area contributed by atoms with Crippen molar-refractivity contribution in [2.45, 2.75) is 25.7 Å². The molecular formula is C19H27N3O4. The largest absolute Gasteiger partial charge is 0.383 e. The second-order valence-electron chi connectivity index (χ2n) is 7.27. The van der Waals surface area contributed by atoms with Gasteiger partial charge in [0.05, 0.1) is 12.0 Å². The van der Waals surface area contributed by atoms with Crippen LogP contribution in [0.5, 0.6) is 0 Å². The summed E-state index contributed by atoms with van der Waals surface area (Å²) in [4.78, 5) is 41.2. The summed E-state index contributed by atoms with van der Waals surface area (Å²) in [6.45, 7) is 3.07. The molecule has 0 atom stereocenters. The summed E-state index contributed by atoms with van der Waals surface area (Å²) in [5.41, 5.74) is -0.142. The highest BCUT2D eigenvalue weighted by atomic mass is 16.5. The molecule has 2 amide bonds. The predicted octanol–water partition coefficient (Wildman–Crippen LogP) is 0.877. The molecule has 3 heterocycles. The quantitative estimate of drug-likeness (QED) is 0.798. The van der Waals surface area contributed by atoms with Crippen molar-refractivity contribution in [3.05, 3.63) is 34.2 Å². The first-order valence-electron chi connectivity index (χ1n) is 9.22. The number of nitrogens with zero attached hydrogens (tertiary/aromatic N) is 3.